The lowest BCUT2D eigenvalue weighted by Crippen LogP contribution is -2.36. The molecule has 0 saturated carbocycles. The van der Waals surface area contributed by atoms with Gasteiger partial charge < -0.3 is 18.9 Å². The maximum Gasteiger partial charge on any atom is 0.308 e. The van der Waals surface area contributed by atoms with Gasteiger partial charge in [0, 0.05) is 51.4 Å². The third kappa shape index (κ3) is 4.45. The SMILES string of the molecule is CC(=O)Oc1ccc2c(c1)[C@H]1c3ccc(OC(C)=O)cc3[C@@H]2[C@H]2c3ccc(OC(C)=O)cc3[C@@H]1c1ccc(OC(C)=O)cc12. The van der Waals surface area contributed by atoms with E-state index in [2.05, 4.69) is 0 Å². The number of benzene rings is 4. The Balaban J connectivity index is 1.55. The van der Waals surface area contributed by atoms with Crippen molar-refractivity contribution in [3.63, 3.8) is 0 Å². The Morgan fingerprint density at radius 1 is 0.364 bits per heavy atom. The summed E-state index contributed by atoms with van der Waals surface area (Å²) in [5.74, 6) is -0.802. The molecule has 4 atom stereocenters. The third-order valence-electron chi connectivity index (χ3n) is 8.63. The molecule has 4 aromatic carbocycles. The lowest BCUT2D eigenvalue weighted by Gasteiger charge is -2.50. The molecule has 44 heavy (non-hydrogen) atoms. The second kappa shape index (κ2) is 10.2. The number of hydrogen-bond donors (Lipinski definition) is 0. The molecule has 8 heteroatoms. The Kier molecular flexibility index (Phi) is 6.39. The summed E-state index contributed by atoms with van der Waals surface area (Å²) >= 11 is 0. The Labute approximate surface area is 253 Å². The highest BCUT2D eigenvalue weighted by Gasteiger charge is 2.50. The van der Waals surface area contributed by atoms with E-state index in [1.165, 1.54) is 27.7 Å². The van der Waals surface area contributed by atoms with Gasteiger partial charge in [-0.2, -0.15) is 0 Å². The van der Waals surface area contributed by atoms with Crippen LogP contribution in [0.5, 0.6) is 23.0 Å². The topological polar surface area (TPSA) is 105 Å². The van der Waals surface area contributed by atoms with Crippen LogP contribution in [0.2, 0.25) is 0 Å². The van der Waals surface area contributed by atoms with Gasteiger partial charge >= 0.3 is 23.9 Å². The van der Waals surface area contributed by atoms with Gasteiger partial charge in [0.2, 0.25) is 0 Å². The molecule has 0 aliphatic heterocycles. The summed E-state index contributed by atoms with van der Waals surface area (Å²) in [7, 11) is 0. The number of rotatable bonds is 4. The number of esters is 4. The summed E-state index contributed by atoms with van der Waals surface area (Å²) in [5.41, 5.74) is 8.34. The Hall–Kier alpha value is -5.24. The molecular weight excluding hydrogens is 560 g/mol. The van der Waals surface area contributed by atoms with Crippen LogP contribution in [0.25, 0.3) is 0 Å². The summed E-state index contributed by atoms with van der Waals surface area (Å²) < 4.78 is 22.2. The summed E-state index contributed by atoms with van der Waals surface area (Å²) in [5, 5.41) is 0. The highest BCUT2D eigenvalue weighted by atomic mass is 16.5. The van der Waals surface area contributed by atoms with Gasteiger partial charge in [0.05, 0.1) is 0 Å². The first-order chi connectivity index (χ1) is 21.1. The fourth-order valence-corrected chi connectivity index (χ4v) is 7.45. The van der Waals surface area contributed by atoms with Gasteiger partial charge in [-0.15, -0.1) is 0 Å². The minimum atomic E-state index is -0.409. The zero-order valence-corrected chi connectivity index (χ0v) is 24.5. The molecule has 0 amide bonds. The minimum Gasteiger partial charge on any atom is -0.427 e. The van der Waals surface area contributed by atoms with Gasteiger partial charge in [-0.05, 0) is 93.0 Å². The lowest BCUT2D eigenvalue weighted by atomic mass is 9.53. The van der Waals surface area contributed by atoms with Crippen LogP contribution in [-0.4, -0.2) is 23.9 Å². The minimum absolute atomic E-state index is 0.246. The van der Waals surface area contributed by atoms with Gasteiger partial charge in [0.1, 0.15) is 23.0 Å². The van der Waals surface area contributed by atoms with Crippen molar-refractivity contribution in [2.75, 3.05) is 0 Å². The van der Waals surface area contributed by atoms with Crippen molar-refractivity contribution in [1.82, 2.24) is 0 Å². The van der Waals surface area contributed by atoms with E-state index < -0.39 is 23.9 Å². The van der Waals surface area contributed by atoms with E-state index in [-0.39, 0.29) is 23.7 Å². The van der Waals surface area contributed by atoms with E-state index in [4.69, 9.17) is 18.9 Å². The van der Waals surface area contributed by atoms with Crippen molar-refractivity contribution in [2.24, 2.45) is 0 Å². The first-order valence-electron chi connectivity index (χ1n) is 14.4. The van der Waals surface area contributed by atoms with Crippen molar-refractivity contribution < 1.29 is 38.1 Å². The first kappa shape index (κ1) is 27.6. The summed E-state index contributed by atoms with van der Waals surface area (Å²) in [6.07, 6.45) is 0. The van der Waals surface area contributed by atoms with Crippen LogP contribution in [0.1, 0.15) is 95.9 Å². The van der Waals surface area contributed by atoms with Crippen LogP contribution in [0.15, 0.2) is 72.8 Å². The molecule has 220 valence electrons. The van der Waals surface area contributed by atoms with E-state index >= 15 is 0 Å². The predicted octanol–water partition coefficient (Wildman–Crippen LogP) is 6.26. The molecule has 0 aromatic heterocycles. The Bertz CT molecular complexity index is 1640. The maximum absolute atomic E-state index is 11.9. The van der Waals surface area contributed by atoms with Crippen LogP contribution in [0, 0.1) is 0 Å². The van der Waals surface area contributed by atoms with Gasteiger partial charge in [-0.25, -0.2) is 0 Å². The summed E-state index contributed by atoms with van der Waals surface area (Å²) in [6.45, 7) is 5.50. The molecule has 0 N–H and O–H groups in total. The smallest absolute Gasteiger partial charge is 0.308 e. The number of ether oxygens (including phenoxy) is 4. The quantitative estimate of drug-likeness (QED) is 0.203. The van der Waals surface area contributed by atoms with Gasteiger partial charge in [-0.1, -0.05) is 24.3 Å². The molecular formula is C36H28O8. The van der Waals surface area contributed by atoms with E-state index in [1.54, 1.807) is 24.3 Å². The first-order valence-corrected chi connectivity index (χ1v) is 14.4. The highest BCUT2D eigenvalue weighted by Crippen LogP contribution is 2.65. The van der Waals surface area contributed by atoms with E-state index in [1.807, 2.05) is 48.5 Å². The molecule has 0 unspecified atom stereocenters. The average molecular weight is 589 g/mol. The second-order valence-electron chi connectivity index (χ2n) is 11.4. The highest BCUT2D eigenvalue weighted by molar-refractivity contribution is 5.75. The zero-order chi connectivity index (χ0) is 30.9. The predicted molar refractivity (Wildman–Crippen MR) is 158 cm³/mol. The molecule has 0 radical (unpaired) electrons. The van der Waals surface area contributed by atoms with Gasteiger partial charge in [0.15, 0.2) is 0 Å². The van der Waals surface area contributed by atoms with E-state index in [0.29, 0.717) is 23.0 Å². The van der Waals surface area contributed by atoms with Gasteiger partial charge in [-0.3, -0.25) is 19.2 Å². The van der Waals surface area contributed by atoms with E-state index in [0.717, 1.165) is 44.5 Å². The molecule has 0 heterocycles. The fourth-order valence-electron chi connectivity index (χ4n) is 7.45. The molecule has 6 aliphatic carbocycles. The molecule has 6 aliphatic rings. The largest absolute Gasteiger partial charge is 0.427 e. The Morgan fingerprint density at radius 3 is 0.750 bits per heavy atom. The molecule has 4 bridgehead atoms. The van der Waals surface area contributed by atoms with Crippen LogP contribution in [0.3, 0.4) is 0 Å². The van der Waals surface area contributed by atoms with Crippen molar-refractivity contribution in [2.45, 2.75) is 51.4 Å². The molecule has 0 saturated heterocycles. The van der Waals surface area contributed by atoms with Crippen molar-refractivity contribution in [3.05, 3.63) is 117 Å². The van der Waals surface area contributed by atoms with Gasteiger partial charge in [0.25, 0.3) is 0 Å². The van der Waals surface area contributed by atoms with Crippen LogP contribution < -0.4 is 18.9 Å². The second-order valence-corrected chi connectivity index (χ2v) is 11.4. The maximum atomic E-state index is 11.9. The molecule has 10 rings (SSSR count). The van der Waals surface area contributed by atoms with Crippen molar-refractivity contribution >= 4 is 23.9 Å². The van der Waals surface area contributed by atoms with E-state index in [9.17, 15) is 19.2 Å². The molecule has 0 spiro atoms. The monoisotopic (exact) mass is 588 g/mol. The normalized spacial score (nSPS) is 19.7. The average Bonchev–Trinajstić information content (AvgIpc) is 2.93. The Morgan fingerprint density at radius 2 is 0.568 bits per heavy atom. The molecule has 8 nitrogen and oxygen atoms in total. The third-order valence-corrected chi connectivity index (χ3v) is 8.63. The zero-order valence-electron chi connectivity index (χ0n) is 24.5. The van der Waals surface area contributed by atoms with Crippen LogP contribution >= 0.6 is 0 Å². The fraction of sp³-hybridized carbons (Fsp3) is 0.222. The molecule has 4 aromatic rings. The standard InChI is InChI=1S/C36H28O8/c1-17(37)41-21-5-9-25-29(13-21)33-26-10-6-22(42-18(2)38)14-30(26)34(25)36-28-12-8-23(43-19(3)39)15-31(28)35(33)27-11-7-24(16-32(27)36)44-20(4)40/h5-16,33-36H,1-4H3/t33-,34-,35+,36+. The number of hydrogen-bond acceptors (Lipinski definition) is 8. The van der Waals surface area contributed by atoms with Crippen molar-refractivity contribution in [1.29, 1.82) is 0 Å². The summed E-state index contributed by atoms with van der Waals surface area (Å²) in [4.78, 5) is 47.7. The lowest BCUT2D eigenvalue weighted by molar-refractivity contribution is -0.132. The van der Waals surface area contributed by atoms with Crippen LogP contribution in [0.4, 0.5) is 0 Å². The molecule has 0 fully saturated rings. The number of carbonyl (C=O) groups is 4. The van der Waals surface area contributed by atoms with Crippen molar-refractivity contribution in [3.8, 4) is 23.0 Å². The summed E-state index contributed by atoms with van der Waals surface area (Å²) in [6, 6.07) is 23.0. The van der Waals surface area contributed by atoms with Crippen LogP contribution in [-0.2, 0) is 19.2 Å². The number of carbonyl (C=O) groups excluding carboxylic acids is 4.